The van der Waals surface area contributed by atoms with E-state index in [-0.39, 0.29) is 23.2 Å². The van der Waals surface area contributed by atoms with E-state index >= 15 is 0 Å². The Balaban J connectivity index is 0.00000420. The maximum Gasteiger partial charge on any atom is 0.260 e. The maximum atomic E-state index is 13.7. The van der Waals surface area contributed by atoms with E-state index in [0.717, 1.165) is 36.0 Å². The molecule has 9 nitrogen and oxygen atoms in total. The molecule has 0 saturated heterocycles. The Hall–Kier alpha value is -2.44. The number of sulfonamides is 1. The van der Waals surface area contributed by atoms with Crippen LogP contribution in [-0.4, -0.2) is 82.0 Å². The zero-order valence-electron chi connectivity index (χ0n) is 22.9. The summed E-state index contributed by atoms with van der Waals surface area (Å²) in [5.41, 5.74) is 1.16. The summed E-state index contributed by atoms with van der Waals surface area (Å²) in [4.78, 5) is 22.4. The molecule has 1 aromatic heterocycles. The average molecular weight is 597 g/mol. The van der Waals surface area contributed by atoms with Crippen molar-refractivity contribution in [3.63, 3.8) is 0 Å². The molecule has 3 aromatic rings. The Labute approximate surface area is 241 Å². The van der Waals surface area contributed by atoms with Gasteiger partial charge in [-0.05, 0) is 64.2 Å². The van der Waals surface area contributed by atoms with Gasteiger partial charge in [0.05, 0.1) is 15.1 Å². The van der Waals surface area contributed by atoms with Gasteiger partial charge in [0, 0.05) is 37.3 Å². The number of ether oxygens (including phenoxy) is 2. The van der Waals surface area contributed by atoms with Gasteiger partial charge in [0.15, 0.2) is 16.6 Å². The SMILES string of the molecule is CCCN(CCC)S(=O)(=O)c1ccc(C(=O)N(CCCN(C)C)c2nc3cc4c(cc3s2)OCCO4)cc1.Cl. The number of amides is 1. The van der Waals surface area contributed by atoms with Gasteiger partial charge in [0.2, 0.25) is 10.0 Å². The van der Waals surface area contributed by atoms with Crippen LogP contribution in [0.25, 0.3) is 10.2 Å². The lowest BCUT2D eigenvalue weighted by molar-refractivity contribution is 0.0986. The number of halogens is 1. The van der Waals surface area contributed by atoms with E-state index in [1.54, 1.807) is 17.0 Å². The van der Waals surface area contributed by atoms with E-state index in [1.165, 1.54) is 27.8 Å². The molecule has 39 heavy (non-hydrogen) atoms. The van der Waals surface area contributed by atoms with Crippen molar-refractivity contribution in [1.82, 2.24) is 14.2 Å². The standard InChI is InChI=1S/C27H36N4O5S2.ClH/c1-5-12-30(13-6-2)38(33,34)21-10-8-20(9-11-21)26(32)31(15-7-14-29(3)4)27-28-22-18-23-24(19-25(22)37-27)36-17-16-35-23;/h8-11,18-19H,5-7,12-17H2,1-4H3;1H. The van der Waals surface area contributed by atoms with E-state index in [1.807, 2.05) is 40.1 Å². The minimum absolute atomic E-state index is 0. The van der Waals surface area contributed by atoms with Crippen LogP contribution in [-0.2, 0) is 10.0 Å². The van der Waals surface area contributed by atoms with Gasteiger partial charge in [0.1, 0.15) is 13.2 Å². The lowest BCUT2D eigenvalue weighted by Crippen LogP contribution is -2.34. The normalized spacial score (nSPS) is 13.1. The Bertz CT molecular complexity index is 1310. The summed E-state index contributed by atoms with van der Waals surface area (Å²) >= 11 is 1.42. The molecule has 1 aliphatic heterocycles. The van der Waals surface area contributed by atoms with Gasteiger partial charge in [-0.1, -0.05) is 25.2 Å². The Morgan fingerprint density at radius 3 is 2.15 bits per heavy atom. The third-order valence-corrected chi connectivity index (χ3v) is 9.14. The highest BCUT2D eigenvalue weighted by molar-refractivity contribution is 7.89. The zero-order chi connectivity index (χ0) is 27.3. The smallest absolute Gasteiger partial charge is 0.260 e. The molecule has 4 rings (SSSR count). The molecular weight excluding hydrogens is 560 g/mol. The molecule has 0 atom stereocenters. The lowest BCUT2D eigenvalue weighted by Gasteiger charge is -2.22. The molecule has 12 heteroatoms. The Kier molecular flexibility index (Phi) is 11.0. The summed E-state index contributed by atoms with van der Waals surface area (Å²) in [7, 11) is 0.367. The van der Waals surface area contributed by atoms with Crippen molar-refractivity contribution < 1.29 is 22.7 Å². The van der Waals surface area contributed by atoms with E-state index in [9.17, 15) is 13.2 Å². The highest BCUT2D eigenvalue weighted by Crippen LogP contribution is 2.39. The lowest BCUT2D eigenvalue weighted by atomic mass is 10.2. The fourth-order valence-corrected chi connectivity index (χ4v) is 6.95. The first-order valence-electron chi connectivity index (χ1n) is 13.0. The molecule has 1 aliphatic rings. The monoisotopic (exact) mass is 596 g/mol. The minimum atomic E-state index is -3.62. The van der Waals surface area contributed by atoms with E-state index in [2.05, 4.69) is 4.90 Å². The van der Waals surface area contributed by atoms with Crippen LogP contribution in [0.15, 0.2) is 41.3 Å². The third kappa shape index (κ3) is 7.20. The van der Waals surface area contributed by atoms with Crippen LogP contribution in [0.4, 0.5) is 5.13 Å². The fourth-order valence-electron chi connectivity index (χ4n) is 4.32. The summed E-state index contributed by atoms with van der Waals surface area (Å²) in [6.45, 7) is 7.13. The molecule has 0 N–H and O–H groups in total. The molecular formula is C27H37ClN4O5S2. The second-order valence-corrected chi connectivity index (χ2v) is 12.4. The molecule has 0 spiro atoms. The largest absolute Gasteiger partial charge is 0.486 e. The highest BCUT2D eigenvalue weighted by Gasteiger charge is 2.26. The van der Waals surface area contributed by atoms with Crippen LogP contribution >= 0.6 is 23.7 Å². The van der Waals surface area contributed by atoms with Crippen molar-refractivity contribution in [1.29, 1.82) is 0 Å². The molecule has 0 fully saturated rings. The number of rotatable bonds is 12. The van der Waals surface area contributed by atoms with Crippen molar-refractivity contribution in [2.45, 2.75) is 38.0 Å². The quantitative estimate of drug-likeness (QED) is 0.294. The minimum Gasteiger partial charge on any atom is -0.486 e. The van der Waals surface area contributed by atoms with Crippen LogP contribution in [0.3, 0.4) is 0 Å². The number of benzene rings is 2. The van der Waals surface area contributed by atoms with Crippen molar-refractivity contribution in [2.75, 3.05) is 58.4 Å². The first-order valence-corrected chi connectivity index (χ1v) is 15.3. The van der Waals surface area contributed by atoms with Crippen LogP contribution in [0, 0.1) is 0 Å². The van der Waals surface area contributed by atoms with Crippen LogP contribution in [0.2, 0.25) is 0 Å². The van der Waals surface area contributed by atoms with E-state index in [4.69, 9.17) is 14.5 Å². The molecule has 0 radical (unpaired) electrons. The second kappa shape index (κ2) is 13.8. The molecule has 0 bridgehead atoms. The summed E-state index contributed by atoms with van der Waals surface area (Å²) in [5, 5.41) is 0.583. The number of hydrogen-bond donors (Lipinski definition) is 0. The third-order valence-electron chi connectivity index (χ3n) is 6.19. The fraction of sp³-hybridized carbons (Fsp3) is 0.481. The molecule has 2 heterocycles. The topological polar surface area (TPSA) is 92.3 Å². The van der Waals surface area contributed by atoms with Crippen molar-refractivity contribution in [2.24, 2.45) is 0 Å². The molecule has 2 aromatic carbocycles. The molecule has 214 valence electrons. The zero-order valence-corrected chi connectivity index (χ0v) is 25.3. The van der Waals surface area contributed by atoms with Gasteiger partial charge in [-0.3, -0.25) is 9.69 Å². The van der Waals surface area contributed by atoms with Crippen LogP contribution in [0.1, 0.15) is 43.5 Å². The highest BCUT2D eigenvalue weighted by atomic mass is 35.5. The molecule has 0 unspecified atom stereocenters. The molecule has 0 saturated carbocycles. The number of carbonyl (C=O) groups is 1. The Morgan fingerprint density at radius 1 is 0.949 bits per heavy atom. The van der Waals surface area contributed by atoms with Gasteiger partial charge >= 0.3 is 0 Å². The first kappa shape index (κ1) is 31.1. The number of aromatic nitrogens is 1. The first-order chi connectivity index (χ1) is 18.2. The molecule has 1 amide bonds. The van der Waals surface area contributed by atoms with Gasteiger partial charge in [-0.25, -0.2) is 13.4 Å². The number of fused-ring (bicyclic) bond motifs is 2. The van der Waals surface area contributed by atoms with Crippen LogP contribution < -0.4 is 14.4 Å². The van der Waals surface area contributed by atoms with Gasteiger partial charge < -0.3 is 14.4 Å². The maximum absolute atomic E-state index is 13.7. The predicted octanol–water partition coefficient (Wildman–Crippen LogP) is 4.90. The number of hydrogen-bond acceptors (Lipinski definition) is 8. The van der Waals surface area contributed by atoms with Crippen molar-refractivity contribution in [3.8, 4) is 11.5 Å². The Morgan fingerprint density at radius 2 is 1.56 bits per heavy atom. The summed E-state index contributed by atoms with van der Waals surface area (Å²) in [5.74, 6) is 1.12. The van der Waals surface area contributed by atoms with E-state index < -0.39 is 10.0 Å². The molecule has 0 aliphatic carbocycles. The number of thiazole rings is 1. The number of anilines is 1. The van der Waals surface area contributed by atoms with Gasteiger partial charge in [-0.2, -0.15) is 4.31 Å². The van der Waals surface area contributed by atoms with Gasteiger partial charge in [0.25, 0.3) is 5.91 Å². The van der Waals surface area contributed by atoms with Crippen LogP contribution in [0.5, 0.6) is 11.5 Å². The van der Waals surface area contributed by atoms with E-state index in [0.29, 0.717) is 55.0 Å². The second-order valence-electron chi connectivity index (χ2n) is 9.50. The summed E-state index contributed by atoms with van der Waals surface area (Å²) < 4.78 is 40.1. The predicted molar refractivity (Wildman–Crippen MR) is 158 cm³/mol. The van der Waals surface area contributed by atoms with Crippen molar-refractivity contribution in [3.05, 3.63) is 42.0 Å². The summed E-state index contributed by atoms with van der Waals surface area (Å²) in [6.07, 6.45) is 2.23. The number of nitrogens with zero attached hydrogens (tertiary/aromatic N) is 4. The average Bonchev–Trinajstić information content (AvgIpc) is 3.31. The number of carbonyl (C=O) groups excluding carboxylic acids is 1. The van der Waals surface area contributed by atoms with Gasteiger partial charge in [-0.15, -0.1) is 12.4 Å². The van der Waals surface area contributed by atoms with Crippen molar-refractivity contribution >= 4 is 55.0 Å². The summed E-state index contributed by atoms with van der Waals surface area (Å²) in [6, 6.07) is 10.0.